The van der Waals surface area contributed by atoms with E-state index in [-0.39, 0.29) is 12.8 Å². The topological polar surface area (TPSA) is 60.8 Å². The minimum absolute atomic E-state index is 0.194. The van der Waals surface area contributed by atoms with E-state index >= 15 is 0 Å². The van der Waals surface area contributed by atoms with E-state index in [1.165, 1.54) is 4.90 Å². The minimum Gasteiger partial charge on any atom is -0.353 e. The van der Waals surface area contributed by atoms with Crippen LogP contribution in [0.1, 0.15) is 19.8 Å². The van der Waals surface area contributed by atoms with Gasteiger partial charge in [0.1, 0.15) is 6.29 Å². The Morgan fingerprint density at radius 2 is 2.15 bits per heavy atom. The number of hydrogen-bond acceptors (Lipinski definition) is 4. The van der Waals surface area contributed by atoms with E-state index < -0.39 is 5.91 Å². The average molecular weight is 187 g/mol. The highest BCUT2D eigenvalue weighted by molar-refractivity contribution is 5.49. The van der Waals surface area contributed by atoms with Crippen molar-refractivity contribution >= 4 is 6.29 Å². The van der Waals surface area contributed by atoms with Gasteiger partial charge in [-0.15, -0.1) is 6.58 Å². The minimum atomic E-state index is -1.84. The molecule has 0 bridgehead atoms. The number of aliphatic hydroxyl groups is 2. The van der Waals surface area contributed by atoms with Crippen molar-refractivity contribution in [2.24, 2.45) is 0 Å². The van der Waals surface area contributed by atoms with Crippen LogP contribution in [0, 0.1) is 0 Å². The summed E-state index contributed by atoms with van der Waals surface area (Å²) < 4.78 is 0. The maximum Gasteiger partial charge on any atom is 0.224 e. The lowest BCUT2D eigenvalue weighted by Crippen LogP contribution is -2.48. The lowest BCUT2D eigenvalue weighted by Gasteiger charge is -2.33. The number of aldehydes is 1. The number of nitrogens with zero attached hydrogens (tertiary/aromatic N) is 1. The maximum atomic E-state index is 10.1. The molecule has 0 aromatic heterocycles. The van der Waals surface area contributed by atoms with Crippen molar-refractivity contribution < 1.29 is 15.0 Å². The maximum absolute atomic E-state index is 10.1. The van der Waals surface area contributed by atoms with Crippen LogP contribution in [0.15, 0.2) is 12.7 Å². The van der Waals surface area contributed by atoms with Crippen molar-refractivity contribution in [2.45, 2.75) is 25.7 Å². The molecule has 0 aromatic rings. The first-order valence-electron chi connectivity index (χ1n) is 4.32. The fourth-order valence-corrected chi connectivity index (χ4v) is 1.00. The Bertz CT molecular complexity index is 168. The van der Waals surface area contributed by atoms with Crippen LogP contribution in [0.2, 0.25) is 0 Å². The second kappa shape index (κ2) is 5.85. The Balaban J connectivity index is 4.20. The monoisotopic (exact) mass is 187 g/mol. The number of carbonyl (C=O) groups is 1. The molecule has 0 amide bonds. The van der Waals surface area contributed by atoms with Crippen molar-refractivity contribution in [2.75, 3.05) is 13.1 Å². The van der Waals surface area contributed by atoms with Crippen molar-refractivity contribution in [3.05, 3.63) is 12.7 Å². The molecule has 0 unspecified atom stereocenters. The second-order valence-corrected chi connectivity index (χ2v) is 2.82. The molecule has 13 heavy (non-hydrogen) atoms. The third kappa shape index (κ3) is 4.17. The van der Waals surface area contributed by atoms with Gasteiger partial charge in [0.2, 0.25) is 5.91 Å². The van der Waals surface area contributed by atoms with E-state index in [9.17, 15) is 15.0 Å². The van der Waals surface area contributed by atoms with Crippen LogP contribution in [0.4, 0.5) is 0 Å². The Hall–Kier alpha value is -0.710. The third-order valence-electron chi connectivity index (χ3n) is 1.85. The molecular formula is C9H17NO3. The fourth-order valence-electron chi connectivity index (χ4n) is 1.00. The normalized spacial score (nSPS) is 11.7. The summed E-state index contributed by atoms with van der Waals surface area (Å²) in [6.45, 7) is 5.85. The Morgan fingerprint density at radius 1 is 1.54 bits per heavy atom. The zero-order valence-corrected chi connectivity index (χ0v) is 7.94. The number of rotatable bonds is 7. The molecule has 0 saturated heterocycles. The highest BCUT2D eigenvalue weighted by Gasteiger charge is 2.27. The van der Waals surface area contributed by atoms with Crippen LogP contribution in [-0.2, 0) is 4.79 Å². The van der Waals surface area contributed by atoms with Crippen LogP contribution >= 0.6 is 0 Å². The third-order valence-corrected chi connectivity index (χ3v) is 1.85. The summed E-state index contributed by atoms with van der Waals surface area (Å²) >= 11 is 0. The molecule has 0 atom stereocenters. The Kier molecular flexibility index (Phi) is 5.53. The predicted octanol–water partition coefficient (Wildman–Crippen LogP) is 0.112. The molecule has 0 aliphatic heterocycles. The molecule has 0 aliphatic rings. The second-order valence-electron chi connectivity index (χ2n) is 2.82. The first kappa shape index (κ1) is 12.3. The first-order chi connectivity index (χ1) is 6.08. The van der Waals surface area contributed by atoms with Gasteiger partial charge in [0.05, 0.1) is 0 Å². The highest BCUT2D eigenvalue weighted by atomic mass is 16.5. The summed E-state index contributed by atoms with van der Waals surface area (Å²) in [4.78, 5) is 11.5. The molecule has 0 heterocycles. The molecular weight excluding hydrogens is 170 g/mol. The molecule has 0 rings (SSSR count). The van der Waals surface area contributed by atoms with Crippen LogP contribution in [0.25, 0.3) is 0 Å². The van der Waals surface area contributed by atoms with Gasteiger partial charge < -0.3 is 15.0 Å². The van der Waals surface area contributed by atoms with Gasteiger partial charge in [-0.05, 0) is 0 Å². The van der Waals surface area contributed by atoms with E-state index in [0.29, 0.717) is 13.1 Å². The summed E-state index contributed by atoms with van der Waals surface area (Å²) in [5.41, 5.74) is 0. The van der Waals surface area contributed by atoms with Crippen molar-refractivity contribution in [1.82, 2.24) is 4.90 Å². The van der Waals surface area contributed by atoms with Gasteiger partial charge in [0, 0.05) is 25.9 Å². The summed E-state index contributed by atoms with van der Waals surface area (Å²) in [6.07, 6.45) is 2.81. The van der Waals surface area contributed by atoms with E-state index in [1.54, 1.807) is 13.0 Å². The molecule has 0 aromatic carbocycles. The lowest BCUT2D eigenvalue weighted by atomic mass is 10.2. The van der Waals surface area contributed by atoms with E-state index in [4.69, 9.17) is 0 Å². The van der Waals surface area contributed by atoms with E-state index in [2.05, 4.69) is 6.58 Å². The fraction of sp³-hybridized carbons (Fsp3) is 0.667. The number of carbonyl (C=O) groups excluding carboxylic acids is 1. The zero-order chi connectivity index (χ0) is 10.3. The summed E-state index contributed by atoms with van der Waals surface area (Å²) in [5.74, 6) is -1.84. The van der Waals surface area contributed by atoms with Crippen molar-refractivity contribution in [3.8, 4) is 0 Å². The van der Waals surface area contributed by atoms with Gasteiger partial charge in [0.25, 0.3) is 0 Å². The van der Waals surface area contributed by atoms with Crippen LogP contribution < -0.4 is 0 Å². The predicted molar refractivity (Wildman–Crippen MR) is 49.9 cm³/mol. The molecule has 0 fully saturated rings. The molecule has 0 aliphatic carbocycles. The van der Waals surface area contributed by atoms with Gasteiger partial charge >= 0.3 is 0 Å². The van der Waals surface area contributed by atoms with Gasteiger partial charge in [-0.2, -0.15) is 0 Å². The highest BCUT2D eigenvalue weighted by Crippen LogP contribution is 2.12. The zero-order valence-electron chi connectivity index (χ0n) is 7.94. The summed E-state index contributed by atoms with van der Waals surface area (Å²) in [5, 5.41) is 18.9. The SMILES string of the molecule is C=CCN(CCC=O)C(O)(O)CC. The van der Waals surface area contributed by atoms with Gasteiger partial charge in [-0.3, -0.25) is 0 Å². The quantitative estimate of drug-likeness (QED) is 0.337. The van der Waals surface area contributed by atoms with E-state index in [1.807, 2.05) is 0 Å². The molecule has 76 valence electrons. The molecule has 0 radical (unpaired) electrons. The first-order valence-corrected chi connectivity index (χ1v) is 4.32. The average Bonchev–Trinajstić information content (AvgIpc) is 2.12. The Morgan fingerprint density at radius 3 is 2.54 bits per heavy atom. The molecule has 4 heteroatoms. The standard InChI is InChI=1S/C9H17NO3/c1-3-6-10(7-5-8-11)9(12,13)4-2/h3,8,12-13H,1,4-7H2,2H3. The van der Waals surface area contributed by atoms with Gasteiger partial charge in [-0.1, -0.05) is 13.0 Å². The van der Waals surface area contributed by atoms with Crippen molar-refractivity contribution in [3.63, 3.8) is 0 Å². The van der Waals surface area contributed by atoms with Crippen LogP contribution in [0.5, 0.6) is 0 Å². The van der Waals surface area contributed by atoms with Gasteiger partial charge in [-0.25, -0.2) is 4.90 Å². The summed E-state index contributed by atoms with van der Waals surface area (Å²) in [7, 11) is 0. The van der Waals surface area contributed by atoms with E-state index in [0.717, 1.165) is 6.29 Å². The number of hydrogen-bond donors (Lipinski definition) is 2. The molecule has 0 saturated carbocycles. The Labute approximate surface area is 78.5 Å². The molecule has 0 spiro atoms. The lowest BCUT2D eigenvalue weighted by molar-refractivity contribution is -0.262. The van der Waals surface area contributed by atoms with Gasteiger partial charge in [0.15, 0.2) is 0 Å². The smallest absolute Gasteiger partial charge is 0.224 e. The molecule has 2 N–H and O–H groups in total. The van der Waals surface area contributed by atoms with Crippen LogP contribution in [0.3, 0.4) is 0 Å². The summed E-state index contributed by atoms with van der Waals surface area (Å²) in [6, 6.07) is 0. The largest absolute Gasteiger partial charge is 0.353 e. The van der Waals surface area contributed by atoms with Crippen LogP contribution in [-0.4, -0.2) is 40.4 Å². The van der Waals surface area contributed by atoms with Crippen molar-refractivity contribution in [1.29, 1.82) is 0 Å². The molecule has 4 nitrogen and oxygen atoms in total.